The molecule has 1 aliphatic rings. The average Bonchev–Trinajstić information content (AvgIpc) is 2.22. The maximum atomic E-state index is 12.1. The molecule has 0 N–H and O–H groups in total. The summed E-state index contributed by atoms with van der Waals surface area (Å²) < 4.78 is 2.96. The van der Waals surface area contributed by atoms with Gasteiger partial charge in [-0.3, -0.25) is 4.79 Å². The third-order valence-electron chi connectivity index (χ3n) is 3.46. The van der Waals surface area contributed by atoms with E-state index >= 15 is 0 Å². The quantitative estimate of drug-likeness (QED) is 0.423. The molecule has 0 aliphatic heterocycles. The lowest BCUT2D eigenvalue weighted by Crippen LogP contribution is -2.57. The van der Waals surface area contributed by atoms with Crippen LogP contribution in [0.15, 0.2) is 0 Å². The monoisotopic (exact) mass is 314 g/mol. The lowest BCUT2D eigenvalue weighted by molar-refractivity contribution is -0.150. The molecule has 0 aromatic heterocycles. The fourth-order valence-corrected chi connectivity index (χ4v) is 3.36. The first-order valence-corrected chi connectivity index (χ1v) is 6.78. The molecule has 0 radical (unpaired) electrons. The van der Waals surface area contributed by atoms with Crippen molar-refractivity contribution in [2.24, 2.45) is 11.3 Å². The predicted molar refractivity (Wildman–Crippen MR) is 72.2 cm³/mol. The topological polar surface area (TPSA) is 43.4 Å². The van der Waals surface area contributed by atoms with E-state index in [9.17, 15) is 9.59 Å². The number of esters is 1. The highest BCUT2D eigenvalue weighted by Gasteiger charge is 2.60. The van der Waals surface area contributed by atoms with Gasteiger partial charge in [0.05, 0.1) is 7.11 Å². The molecule has 0 aromatic carbocycles. The van der Waals surface area contributed by atoms with E-state index in [1.807, 2.05) is 20.8 Å². The van der Waals surface area contributed by atoms with Crippen molar-refractivity contribution >= 4 is 46.6 Å². The Kier molecular flexibility index (Phi) is 4.32. The zero-order valence-corrected chi connectivity index (χ0v) is 13.1. The maximum Gasteiger partial charge on any atom is 0.334 e. The summed E-state index contributed by atoms with van der Waals surface area (Å²) in [6.45, 7) is 5.98. The van der Waals surface area contributed by atoms with Crippen molar-refractivity contribution in [2.75, 3.05) is 7.11 Å². The molecule has 2 unspecified atom stereocenters. The van der Waals surface area contributed by atoms with Crippen molar-refractivity contribution in [3.05, 3.63) is 0 Å². The Balaban J connectivity index is 3.19. The van der Waals surface area contributed by atoms with Crippen molar-refractivity contribution in [1.82, 2.24) is 0 Å². The molecule has 0 spiro atoms. The van der Waals surface area contributed by atoms with Gasteiger partial charge >= 0.3 is 5.97 Å². The van der Waals surface area contributed by atoms with E-state index in [0.717, 1.165) is 0 Å². The highest BCUT2D eigenvalue weighted by Crippen LogP contribution is 2.51. The van der Waals surface area contributed by atoms with Gasteiger partial charge in [-0.15, -0.1) is 0 Å². The number of alkyl halides is 3. The van der Waals surface area contributed by atoms with E-state index in [1.54, 1.807) is 0 Å². The van der Waals surface area contributed by atoms with Crippen molar-refractivity contribution in [3.63, 3.8) is 0 Å². The Labute approximate surface area is 122 Å². The second-order valence-electron chi connectivity index (χ2n) is 5.80. The Morgan fingerprint density at radius 1 is 1.28 bits per heavy atom. The number of carbonyl (C=O) groups excluding carboxylic acids is 2. The Morgan fingerprint density at radius 3 is 2.17 bits per heavy atom. The zero-order valence-electron chi connectivity index (χ0n) is 10.9. The average molecular weight is 316 g/mol. The van der Waals surface area contributed by atoms with Gasteiger partial charge < -0.3 is 4.74 Å². The molecule has 1 aliphatic carbocycles. The van der Waals surface area contributed by atoms with Crippen LogP contribution in [0.5, 0.6) is 0 Å². The molecule has 0 heterocycles. The van der Waals surface area contributed by atoms with Crippen LogP contribution in [0.1, 0.15) is 33.6 Å². The van der Waals surface area contributed by atoms with Gasteiger partial charge in [0.2, 0.25) is 10.7 Å². The number of carbonyl (C=O) groups is 2. The third-order valence-corrected chi connectivity index (χ3v) is 4.59. The molecule has 0 bridgehead atoms. The molecule has 0 saturated heterocycles. The third kappa shape index (κ3) is 2.78. The number of hydrogen-bond donors (Lipinski definition) is 0. The molecule has 3 nitrogen and oxygen atoms in total. The highest BCUT2D eigenvalue weighted by atomic mass is 35.5. The molecule has 2 atom stereocenters. The lowest BCUT2D eigenvalue weighted by atomic mass is 9.68. The van der Waals surface area contributed by atoms with E-state index in [4.69, 9.17) is 34.8 Å². The summed E-state index contributed by atoms with van der Waals surface area (Å²) in [4.78, 5) is 22.1. The lowest BCUT2D eigenvalue weighted by Gasteiger charge is -2.44. The standard InChI is InChI=1S/C12H17Cl3O3/c1-10(2,3)7-5-11(13,9(17)18-4)8(16)12(14,15)6-7/h7H,5-6H2,1-4H3. The van der Waals surface area contributed by atoms with Crippen LogP contribution in [0.25, 0.3) is 0 Å². The molecule has 1 saturated carbocycles. The fourth-order valence-electron chi connectivity index (χ4n) is 2.15. The van der Waals surface area contributed by atoms with Crippen molar-refractivity contribution in [2.45, 2.75) is 42.8 Å². The molecule has 1 rings (SSSR count). The maximum absolute atomic E-state index is 12.1. The van der Waals surface area contributed by atoms with Gasteiger partial charge in [0, 0.05) is 0 Å². The van der Waals surface area contributed by atoms with E-state index in [2.05, 4.69) is 4.74 Å². The minimum absolute atomic E-state index is 0.0539. The summed E-state index contributed by atoms with van der Waals surface area (Å²) in [5.74, 6) is -1.54. The molecule has 6 heteroatoms. The van der Waals surface area contributed by atoms with E-state index in [0.29, 0.717) is 0 Å². The summed E-state index contributed by atoms with van der Waals surface area (Å²) in [6.07, 6.45) is 0.467. The van der Waals surface area contributed by atoms with Gasteiger partial charge in [-0.1, -0.05) is 55.6 Å². The number of Topliss-reactive ketones (excluding diaryl/α,β-unsaturated/α-hetero) is 1. The normalized spacial score (nSPS) is 32.2. The second kappa shape index (κ2) is 4.84. The van der Waals surface area contributed by atoms with Crippen LogP contribution in [0.3, 0.4) is 0 Å². The zero-order chi connectivity index (χ0) is 14.4. The minimum Gasteiger partial charge on any atom is -0.467 e. The number of rotatable bonds is 1. The Bertz CT molecular complexity index is 373. The first-order valence-electron chi connectivity index (χ1n) is 5.65. The molecular formula is C12H17Cl3O3. The van der Waals surface area contributed by atoms with Crippen LogP contribution in [0, 0.1) is 11.3 Å². The summed E-state index contributed by atoms with van der Waals surface area (Å²) in [5, 5.41) is 0. The van der Waals surface area contributed by atoms with Crippen LogP contribution in [0.2, 0.25) is 0 Å². The van der Waals surface area contributed by atoms with Crippen molar-refractivity contribution < 1.29 is 14.3 Å². The first kappa shape index (κ1) is 16.1. The van der Waals surface area contributed by atoms with Gasteiger partial charge in [-0.25, -0.2) is 4.79 Å². The van der Waals surface area contributed by atoms with Gasteiger partial charge in [0.1, 0.15) is 0 Å². The number of hydrogen-bond acceptors (Lipinski definition) is 3. The van der Waals surface area contributed by atoms with Crippen LogP contribution < -0.4 is 0 Å². The minimum atomic E-state index is -1.78. The number of halogens is 3. The molecule has 0 amide bonds. The van der Waals surface area contributed by atoms with Crippen LogP contribution in [-0.2, 0) is 14.3 Å². The van der Waals surface area contributed by atoms with Gasteiger partial charge in [-0.05, 0) is 24.2 Å². The summed E-state index contributed by atoms with van der Waals surface area (Å²) in [7, 11) is 1.19. The summed E-state index contributed by atoms with van der Waals surface area (Å²) >= 11 is 18.2. The predicted octanol–water partition coefficient (Wildman–Crippen LogP) is 3.34. The smallest absolute Gasteiger partial charge is 0.334 e. The van der Waals surface area contributed by atoms with Crippen LogP contribution in [0.4, 0.5) is 0 Å². The molecular weight excluding hydrogens is 298 g/mol. The van der Waals surface area contributed by atoms with Gasteiger partial charge in [-0.2, -0.15) is 0 Å². The molecule has 104 valence electrons. The van der Waals surface area contributed by atoms with Crippen LogP contribution >= 0.6 is 34.8 Å². The largest absolute Gasteiger partial charge is 0.467 e. The summed E-state index contributed by atoms with van der Waals surface area (Å²) in [6, 6.07) is 0. The molecule has 18 heavy (non-hydrogen) atoms. The first-order chi connectivity index (χ1) is 7.95. The van der Waals surface area contributed by atoms with Gasteiger partial charge in [0.15, 0.2) is 4.33 Å². The molecule has 0 aromatic rings. The van der Waals surface area contributed by atoms with Gasteiger partial charge in [0.25, 0.3) is 0 Å². The Morgan fingerprint density at radius 2 is 1.78 bits per heavy atom. The number of ether oxygens (including phenoxy) is 1. The van der Waals surface area contributed by atoms with Crippen molar-refractivity contribution in [3.8, 4) is 0 Å². The summed E-state index contributed by atoms with van der Waals surface area (Å²) in [5.41, 5.74) is -0.163. The highest BCUT2D eigenvalue weighted by molar-refractivity contribution is 6.64. The number of methoxy groups -OCH3 is 1. The van der Waals surface area contributed by atoms with E-state index in [-0.39, 0.29) is 24.2 Å². The number of ketones is 1. The SMILES string of the molecule is COC(=O)C1(Cl)CC(C(C)(C)C)CC(Cl)(Cl)C1=O. The van der Waals surface area contributed by atoms with Crippen molar-refractivity contribution in [1.29, 1.82) is 0 Å². The van der Waals surface area contributed by atoms with E-state index < -0.39 is 21.0 Å². The van der Waals surface area contributed by atoms with E-state index in [1.165, 1.54) is 7.11 Å². The fraction of sp³-hybridized carbons (Fsp3) is 0.833. The Hall–Kier alpha value is 0.01000. The second-order valence-corrected chi connectivity index (χ2v) is 7.93. The van der Waals surface area contributed by atoms with Crippen LogP contribution in [-0.4, -0.2) is 28.1 Å². The molecule has 1 fully saturated rings.